The number of hydrogen-bond acceptors (Lipinski definition) is 8. The fourth-order valence-electron chi connectivity index (χ4n) is 4.43. The highest BCUT2D eigenvalue weighted by Crippen LogP contribution is 2.29. The van der Waals surface area contributed by atoms with E-state index in [-0.39, 0.29) is 23.1 Å². The first-order valence-electron chi connectivity index (χ1n) is 11.9. The zero-order chi connectivity index (χ0) is 25.4. The standard InChI is InChI=1S/C25H28FN7O3/c1-13(27)10-28-19-7-6-16(23-17(19)11-29-25(31-23)36-21-5-3-4-20(21)34)24(35)30-15-8-14-12-33(2)32-22(14)18(26)9-15/h6-9,11-13,20-21,28,34H,3-5,10,27H2,1-2H3,(H,30,35)/t13-,20-,21+/m1/s1. The van der Waals surface area contributed by atoms with Crippen LogP contribution in [-0.2, 0) is 7.05 Å². The van der Waals surface area contributed by atoms with Crippen molar-refractivity contribution in [3.63, 3.8) is 0 Å². The van der Waals surface area contributed by atoms with E-state index in [0.717, 1.165) is 6.42 Å². The molecular formula is C25H28FN7O3. The van der Waals surface area contributed by atoms with Crippen molar-refractivity contribution >= 4 is 39.1 Å². The summed E-state index contributed by atoms with van der Waals surface area (Å²) in [6.45, 7) is 2.39. The molecule has 0 saturated heterocycles. The number of halogens is 1. The molecule has 2 heterocycles. The number of fused-ring (bicyclic) bond motifs is 2. The molecule has 0 spiro atoms. The summed E-state index contributed by atoms with van der Waals surface area (Å²) < 4.78 is 21.9. The number of aromatic nitrogens is 4. The highest BCUT2D eigenvalue weighted by Gasteiger charge is 2.28. The Kier molecular flexibility index (Phi) is 6.42. The number of nitrogens with zero attached hydrogens (tertiary/aromatic N) is 4. The summed E-state index contributed by atoms with van der Waals surface area (Å²) in [7, 11) is 1.70. The van der Waals surface area contributed by atoms with Gasteiger partial charge in [-0.3, -0.25) is 9.48 Å². The Morgan fingerprint density at radius 3 is 2.92 bits per heavy atom. The average molecular weight is 494 g/mol. The number of ether oxygens (including phenoxy) is 1. The molecule has 5 rings (SSSR count). The van der Waals surface area contributed by atoms with Crippen molar-refractivity contribution in [1.82, 2.24) is 19.7 Å². The van der Waals surface area contributed by atoms with Gasteiger partial charge in [-0.05, 0) is 50.5 Å². The van der Waals surface area contributed by atoms with Crippen molar-refractivity contribution in [2.75, 3.05) is 17.2 Å². The maximum Gasteiger partial charge on any atom is 0.317 e. The van der Waals surface area contributed by atoms with E-state index in [2.05, 4.69) is 25.7 Å². The van der Waals surface area contributed by atoms with Gasteiger partial charge in [-0.25, -0.2) is 9.37 Å². The fraction of sp³-hybridized carbons (Fsp3) is 0.360. The highest BCUT2D eigenvalue weighted by molar-refractivity contribution is 6.14. The molecule has 1 amide bonds. The number of anilines is 2. The van der Waals surface area contributed by atoms with E-state index in [0.29, 0.717) is 47.1 Å². The van der Waals surface area contributed by atoms with E-state index in [1.54, 1.807) is 37.6 Å². The lowest BCUT2D eigenvalue weighted by Gasteiger charge is -2.17. The molecule has 4 aromatic rings. The monoisotopic (exact) mass is 493 g/mol. The number of aryl methyl sites for hydroxylation is 1. The first kappa shape index (κ1) is 23.9. The predicted molar refractivity (Wildman–Crippen MR) is 135 cm³/mol. The van der Waals surface area contributed by atoms with E-state index in [1.807, 2.05) is 6.92 Å². The first-order valence-corrected chi connectivity index (χ1v) is 11.9. The number of hydrogen-bond donors (Lipinski definition) is 4. The number of carbonyl (C=O) groups excluding carboxylic acids is 1. The van der Waals surface area contributed by atoms with Gasteiger partial charge in [0, 0.05) is 54.2 Å². The van der Waals surface area contributed by atoms with Crippen LogP contribution in [0, 0.1) is 5.82 Å². The van der Waals surface area contributed by atoms with Crippen LogP contribution in [0.3, 0.4) is 0 Å². The molecule has 188 valence electrons. The van der Waals surface area contributed by atoms with Crippen LogP contribution < -0.4 is 21.1 Å². The van der Waals surface area contributed by atoms with Crippen LogP contribution in [0.4, 0.5) is 15.8 Å². The Labute approximate surface area is 206 Å². The van der Waals surface area contributed by atoms with Crippen molar-refractivity contribution in [3.05, 3.63) is 48.0 Å². The number of aliphatic hydroxyl groups is 1. The van der Waals surface area contributed by atoms with Gasteiger partial charge in [0.25, 0.3) is 5.91 Å². The zero-order valence-electron chi connectivity index (χ0n) is 20.0. The second kappa shape index (κ2) is 9.67. The number of rotatable bonds is 7. The van der Waals surface area contributed by atoms with Gasteiger partial charge in [0.15, 0.2) is 5.82 Å². The Morgan fingerprint density at radius 2 is 2.17 bits per heavy atom. The van der Waals surface area contributed by atoms with Crippen LogP contribution in [0.1, 0.15) is 36.5 Å². The van der Waals surface area contributed by atoms with Crippen LogP contribution in [0.2, 0.25) is 0 Å². The molecule has 3 atom stereocenters. The van der Waals surface area contributed by atoms with E-state index in [4.69, 9.17) is 10.5 Å². The summed E-state index contributed by atoms with van der Waals surface area (Å²) in [5.74, 6) is -0.997. The summed E-state index contributed by atoms with van der Waals surface area (Å²) >= 11 is 0. The molecule has 1 fully saturated rings. The lowest BCUT2D eigenvalue weighted by atomic mass is 10.1. The molecule has 11 heteroatoms. The normalized spacial score (nSPS) is 18.5. The SMILES string of the molecule is C[C@@H](N)CNc1ccc(C(=O)Nc2cc(F)c3nn(C)cc3c2)c2nc(O[C@H]3CCC[C@H]3O)ncc12. The number of nitrogens with one attached hydrogen (secondary N) is 2. The maximum absolute atomic E-state index is 14.5. The fourth-order valence-corrected chi connectivity index (χ4v) is 4.43. The summed E-state index contributed by atoms with van der Waals surface area (Å²) in [6, 6.07) is 6.28. The average Bonchev–Trinajstić information content (AvgIpc) is 3.41. The molecule has 10 nitrogen and oxygen atoms in total. The van der Waals surface area contributed by atoms with Gasteiger partial charge in [-0.15, -0.1) is 0 Å². The smallest absolute Gasteiger partial charge is 0.317 e. The molecule has 2 aromatic carbocycles. The van der Waals surface area contributed by atoms with Crippen LogP contribution in [0.15, 0.2) is 36.7 Å². The van der Waals surface area contributed by atoms with Crippen molar-refractivity contribution in [1.29, 1.82) is 0 Å². The second-order valence-corrected chi connectivity index (χ2v) is 9.24. The van der Waals surface area contributed by atoms with Crippen molar-refractivity contribution < 1.29 is 19.0 Å². The summed E-state index contributed by atoms with van der Waals surface area (Å²) in [5.41, 5.74) is 7.77. The molecule has 1 aliphatic rings. The van der Waals surface area contributed by atoms with Gasteiger partial charge in [-0.2, -0.15) is 10.1 Å². The minimum Gasteiger partial charge on any atom is -0.457 e. The largest absolute Gasteiger partial charge is 0.457 e. The van der Waals surface area contributed by atoms with E-state index in [1.165, 1.54) is 10.7 Å². The molecule has 1 aliphatic carbocycles. The van der Waals surface area contributed by atoms with Gasteiger partial charge < -0.3 is 26.2 Å². The van der Waals surface area contributed by atoms with Crippen LogP contribution >= 0.6 is 0 Å². The Morgan fingerprint density at radius 1 is 1.33 bits per heavy atom. The lowest BCUT2D eigenvalue weighted by Crippen LogP contribution is -2.26. The van der Waals surface area contributed by atoms with Crippen LogP contribution in [0.5, 0.6) is 6.01 Å². The molecule has 5 N–H and O–H groups in total. The molecule has 0 bridgehead atoms. The van der Waals surface area contributed by atoms with Gasteiger partial charge in [0.2, 0.25) is 0 Å². The Balaban J connectivity index is 1.50. The molecule has 2 aromatic heterocycles. The van der Waals surface area contributed by atoms with Gasteiger partial charge >= 0.3 is 6.01 Å². The third-order valence-electron chi connectivity index (χ3n) is 6.20. The van der Waals surface area contributed by atoms with Gasteiger partial charge in [0.05, 0.1) is 17.2 Å². The first-order chi connectivity index (χ1) is 17.3. The molecule has 36 heavy (non-hydrogen) atoms. The van der Waals surface area contributed by atoms with Crippen molar-refractivity contribution in [3.8, 4) is 6.01 Å². The van der Waals surface area contributed by atoms with Crippen molar-refractivity contribution in [2.45, 2.75) is 44.4 Å². The minimum atomic E-state index is -0.580. The van der Waals surface area contributed by atoms with Gasteiger partial charge in [-0.1, -0.05) is 0 Å². The Hall–Kier alpha value is -3.83. The maximum atomic E-state index is 14.5. The predicted octanol–water partition coefficient (Wildman–Crippen LogP) is 2.96. The summed E-state index contributed by atoms with van der Waals surface area (Å²) in [4.78, 5) is 22.2. The minimum absolute atomic E-state index is 0.0784. The molecule has 0 radical (unpaired) electrons. The highest BCUT2D eigenvalue weighted by atomic mass is 19.1. The van der Waals surface area contributed by atoms with E-state index >= 15 is 0 Å². The number of aliphatic hydroxyl groups excluding tert-OH is 1. The second-order valence-electron chi connectivity index (χ2n) is 9.24. The number of nitrogens with two attached hydrogens (primary N) is 1. The number of amides is 1. The number of benzene rings is 2. The zero-order valence-corrected chi connectivity index (χ0v) is 20.0. The molecule has 1 saturated carbocycles. The lowest BCUT2D eigenvalue weighted by molar-refractivity contribution is 0.0544. The van der Waals surface area contributed by atoms with Crippen LogP contribution in [-0.4, -0.2) is 55.6 Å². The van der Waals surface area contributed by atoms with E-state index in [9.17, 15) is 14.3 Å². The molecule has 0 aliphatic heterocycles. The third kappa shape index (κ3) is 4.79. The summed E-state index contributed by atoms with van der Waals surface area (Å²) in [6.07, 6.45) is 4.51. The van der Waals surface area contributed by atoms with Crippen LogP contribution in [0.25, 0.3) is 21.8 Å². The quantitative estimate of drug-likeness (QED) is 0.308. The number of carbonyl (C=O) groups is 1. The third-order valence-corrected chi connectivity index (χ3v) is 6.20. The van der Waals surface area contributed by atoms with E-state index < -0.39 is 23.9 Å². The molecule has 0 unspecified atom stereocenters. The summed E-state index contributed by atoms with van der Waals surface area (Å²) in [5, 5.41) is 21.4. The van der Waals surface area contributed by atoms with Crippen molar-refractivity contribution in [2.24, 2.45) is 12.8 Å². The topological polar surface area (TPSA) is 140 Å². The molecular weight excluding hydrogens is 465 g/mol. The van der Waals surface area contributed by atoms with Gasteiger partial charge in [0.1, 0.15) is 11.6 Å². The Bertz CT molecular complexity index is 1440.